The zero-order chi connectivity index (χ0) is 23.5. The molecule has 34 heavy (non-hydrogen) atoms. The van der Waals surface area contributed by atoms with Crippen molar-refractivity contribution in [1.29, 1.82) is 0 Å². The largest absolute Gasteiger partial charge is 0.492 e. The van der Waals surface area contributed by atoms with Crippen molar-refractivity contribution in [1.82, 2.24) is 9.88 Å². The standard InChI is InChI=1S/C26H27N3O4S/c1-3-31-21-9-5-4-8-20(21)28-13-15-29(16-14-28)25(30)23-12-11-19(32-23)17-34-26-27-24-18(2)7-6-10-22(24)33-26/h4-12H,3,13-17H2,1-2H3. The first kappa shape index (κ1) is 22.4. The van der Waals surface area contributed by atoms with Crippen molar-refractivity contribution < 1.29 is 18.4 Å². The zero-order valence-corrected chi connectivity index (χ0v) is 20.1. The van der Waals surface area contributed by atoms with Gasteiger partial charge in [-0.25, -0.2) is 4.98 Å². The van der Waals surface area contributed by atoms with Gasteiger partial charge in [0.1, 0.15) is 17.0 Å². The van der Waals surface area contributed by atoms with Gasteiger partial charge in [0.05, 0.1) is 18.0 Å². The number of rotatable bonds is 7. The molecule has 3 heterocycles. The van der Waals surface area contributed by atoms with Crippen LogP contribution in [0.5, 0.6) is 5.75 Å². The van der Waals surface area contributed by atoms with Crippen molar-refractivity contribution in [3.8, 4) is 5.75 Å². The molecule has 0 bridgehead atoms. The number of para-hydroxylation sites is 3. The number of hydrogen-bond acceptors (Lipinski definition) is 7. The molecule has 1 amide bonds. The average Bonchev–Trinajstić information content (AvgIpc) is 3.51. The second-order valence-electron chi connectivity index (χ2n) is 8.14. The van der Waals surface area contributed by atoms with Crippen LogP contribution in [-0.2, 0) is 5.75 Å². The first-order valence-corrected chi connectivity index (χ1v) is 12.4. The van der Waals surface area contributed by atoms with Crippen molar-refractivity contribution in [3.63, 3.8) is 0 Å². The molecule has 4 aromatic rings. The Bertz CT molecular complexity index is 1290. The SMILES string of the molecule is CCOc1ccccc1N1CCN(C(=O)c2ccc(CSc3nc4c(C)cccc4o3)o2)CC1. The van der Waals surface area contributed by atoms with Crippen LogP contribution in [0.3, 0.4) is 0 Å². The van der Waals surface area contributed by atoms with Gasteiger partial charge < -0.3 is 23.4 Å². The summed E-state index contributed by atoms with van der Waals surface area (Å²) in [6, 6.07) is 17.5. The van der Waals surface area contributed by atoms with E-state index in [0.717, 1.165) is 46.9 Å². The number of thioether (sulfide) groups is 1. The number of anilines is 1. The molecule has 0 unspecified atom stereocenters. The molecule has 2 aromatic heterocycles. The van der Waals surface area contributed by atoms with E-state index in [9.17, 15) is 4.79 Å². The molecule has 1 aliphatic heterocycles. The van der Waals surface area contributed by atoms with Crippen molar-refractivity contribution in [2.24, 2.45) is 0 Å². The number of benzene rings is 2. The van der Waals surface area contributed by atoms with Crippen LogP contribution in [0.4, 0.5) is 5.69 Å². The molecule has 0 N–H and O–H groups in total. The van der Waals surface area contributed by atoms with Gasteiger partial charge >= 0.3 is 0 Å². The number of ether oxygens (including phenoxy) is 1. The third kappa shape index (κ3) is 4.63. The number of piperazine rings is 1. The average molecular weight is 478 g/mol. The van der Waals surface area contributed by atoms with E-state index in [4.69, 9.17) is 13.6 Å². The van der Waals surface area contributed by atoms with Crippen LogP contribution in [0.2, 0.25) is 0 Å². The highest BCUT2D eigenvalue weighted by molar-refractivity contribution is 7.98. The summed E-state index contributed by atoms with van der Waals surface area (Å²) in [5.74, 6) is 2.43. The maximum absolute atomic E-state index is 13.0. The van der Waals surface area contributed by atoms with Gasteiger partial charge in [-0.15, -0.1) is 0 Å². The van der Waals surface area contributed by atoms with Crippen LogP contribution in [0.25, 0.3) is 11.1 Å². The monoisotopic (exact) mass is 477 g/mol. The number of oxazole rings is 1. The molecule has 176 valence electrons. The number of carbonyl (C=O) groups excluding carboxylic acids is 1. The molecule has 0 radical (unpaired) electrons. The molecular weight excluding hydrogens is 450 g/mol. The van der Waals surface area contributed by atoms with Crippen LogP contribution in [-0.4, -0.2) is 48.6 Å². The Kier molecular flexibility index (Phi) is 6.49. The number of fused-ring (bicyclic) bond motifs is 1. The molecule has 1 saturated heterocycles. The first-order valence-electron chi connectivity index (χ1n) is 11.5. The highest BCUT2D eigenvalue weighted by Crippen LogP contribution is 2.30. The van der Waals surface area contributed by atoms with Crippen molar-refractivity contribution >= 4 is 34.5 Å². The Morgan fingerprint density at radius 3 is 2.65 bits per heavy atom. The number of aromatic nitrogens is 1. The molecule has 1 fully saturated rings. The fourth-order valence-electron chi connectivity index (χ4n) is 4.13. The highest BCUT2D eigenvalue weighted by Gasteiger charge is 2.25. The lowest BCUT2D eigenvalue weighted by Gasteiger charge is -2.36. The minimum Gasteiger partial charge on any atom is -0.492 e. The van der Waals surface area contributed by atoms with Crippen molar-refractivity contribution in [2.45, 2.75) is 24.8 Å². The summed E-state index contributed by atoms with van der Waals surface area (Å²) >= 11 is 1.46. The van der Waals surface area contributed by atoms with E-state index < -0.39 is 0 Å². The molecule has 0 spiro atoms. The third-order valence-electron chi connectivity index (χ3n) is 5.88. The summed E-state index contributed by atoms with van der Waals surface area (Å²) in [4.78, 5) is 21.7. The highest BCUT2D eigenvalue weighted by atomic mass is 32.2. The van der Waals surface area contributed by atoms with Gasteiger partial charge in [-0.1, -0.05) is 36.0 Å². The van der Waals surface area contributed by atoms with Crippen LogP contribution in [0.1, 0.15) is 28.8 Å². The number of carbonyl (C=O) groups is 1. The van der Waals surface area contributed by atoms with Crippen LogP contribution < -0.4 is 9.64 Å². The van der Waals surface area contributed by atoms with Gasteiger partial charge in [0.15, 0.2) is 11.3 Å². The summed E-state index contributed by atoms with van der Waals surface area (Å²) < 4.78 is 17.4. The minimum absolute atomic E-state index is 0.0773. The number of amides is 1. The Morgan fingerprint density at radius 2 is 1.85 bits per heavy atom. The summed E-state index contributed by atoms with van der Waals surface area (Å²) in [5.41, 5.74) is 3.81. The Labute approximate surface area is 202 Å². The molecule has 5 rings (SSSR count). The smallest absolute Gasteiger partial charge is 0.289 e. The predicted octanol–water partition coefficient (Wildman–Crippen LogP) is 5.38. The molecule has 7 nitrogen and oxygen atoms in total. The summed E-state index contributed by atoms with van der Waals surface area (Å²) in [7, 11) is 0. The summed E-state index contributed by atoms with van der Waals surface area (Å²) in [5, 5.41) is 0.594. The van der Waals surface area contributed by atoms with Gasteiger partial charge in [-0.3, -0.25) is 4.79 Å². The van der Waals surface area contributed by atoms with E-state index in [2.05, 4.69) is 16.0 Å². The first-order chi connectivity index (χ1) is 16.6. The van der Waals surface area contributed by atoms with Crippen molar-refractivity contribution in [2.75, 3.05) is 37.7 Å². The number of hydrogen-bond donors (Lipinski definition) is 0. The second-order valence-corrected chi connectivity index (χ2v) is 9.06. The number of aryl methyl sites for hydroxylation is 1. The fraction of sp³-hybridized carbons (Fsp3) is 0.308. The molecule has 0 atom stereocenters. The van der Waals surface area contributed by atoms with Gasteiger partial charge in [0, 0.05) is 26.2 Å². The second kappa shape index (κ2) is 9.85. The predicted molar refractivity (Wildman–Crippen MR) is 133 cm³/mol. The normalized spacial score (nSPS) is 14.1. The van der Waals surface area contributed by atoms with E-state index in [1.165, 1.54) is 11.8 Å². The lowest BCUT2D eigenvalue weighted by molar-refractivity contribution is 0.0713. The molecular formula is C26H27N3O4S. The van der Waals surface area contributed by atoms with E-state index in [-0.39, 0.29) is 5.91 Å². The molecule has 2 aromatic carbocycles. The van der Waals surface area contributed by atoms with Gasteiger partial charge in [0.2, 0.25) is 0 Å². The van der Waals surface area contributed by atoms with E-state index in [0.29, 0.717) is 36.4 Å². The van der Waals surface area contributed by atoms with Gasteiger partial charge in [0.25, 0.3) is 11.1 Å². The maximum Gasteiger partial charge on any atom is 0.289 e. The lowest BCUT2D eigenvalue weighted by atomic mass is 10.2. The van der Waals surface area contributed by atoms with Crippen LogP contribution in [0.15, 0.2) is 68.7 Å². The zero-order valence-electron chi connectivity index (χ0n) is 19.3. The molecule has 0 aliphatic carbocycles. The summed E-state index contributed by atoms with van der Waals surface area (Å²) in [6.07, 6.45) is 0. The third-order valence-corrected chi connectivity index (χ3v) is 6.73. The Balaban J connectivity index is 1.18. The molecule has 0 saturated carbocycles. The quantitative estimate of drug-likeness (QED) is 0.331. The summed E-state index contributed by atoms with van der Waals surface area (Å²) in [6.45, 7) is 7.38. The van der Waals surface area contributed by atoms with Crippen LogP contribution in [0, 0.1) is 6.92 Å². The van der Waals surface area contributed by atoms with E-state index in [1.54, 1.807) is 6.07 Å². The van der Waals surface area contributed by atoms with Crippen LogP contribution >= 0.6 is 11.8 Å². The minimum atomic E-state index is -0.0773. The Morgan fingerprint density at radius 1 is 1.03 bits per heavy atom. The van der Waals surface area contributed by atoms with Gasteiger partial charge in [-0.2, -0.15) is 0 Å². The van der Waals surface area contributed by atoms with Crippen molar-refractivity contribution in [3.05, 3.63) is 71.7 Å². The maximum atomic E-state index is 13.0. The fourth-order valence-corrected chi connectivity index (χ4v) is 4.86. The van der Waals surface area contributed by atoms with Gasteiger partial charge in [-0.05, 0) is 49.7 Å². The Hall–Kier alpha value is -3.39. The van der Waals surface area contributed by atoms with E-state index in [1.807, 2.05) is 61.2 Å². The molecule has 1 aliphatic rings. The number of furan rings is 1. The lowest BCUT2D eigenvalue weighted by Crippen LogP contribution is -2.48. The molecule has 8 heteroatoms. The topological polar surface area (TPSA) is 72.0 Å². The van der Waals surface area contributed by atoms with E-state index >= 15 is 0 Å². The number of nitrogens with zero attached hydrogens (tertiary/aromatic N) is 3.